The SMILES string of the molecule is Cc1ccc(CNC(=O)CS)nc1C. The number of nitrogens with one attached hydrogen (secondary N) is 1. The van der Waals surface area contributed by atoms with Crippen molar-refractivity contribution in [2.45, 2.75) is 20.4 Å². The molecule has 0 saturated heterocycles. The van der Waals surface area contributed by atoms with E-state index in [0.717, 1.165) is 17.0 Å². The number of amides is 1. The van der Waals surface area contributed by atoms with Gasteiger partial charge in [0.2, 0.25) is 5.91 Å². The van der Waals surface area contributed by atoms with E-state index in [1.165, 1.54) is 0 Å². The minimum absolute atomic E-state index is 0.0756. The van der Waals surface area contributed by atoms with E-state index >= 15 is 0 Å². The van der Waals surface area contributed by atoms with Crippen LogP contribution < -0.4 is 5.32 Å². The summed E-state index contributed by atoms with van der Waals surface area (Å²) in [6, 6.07) is 3.92. The molecule has 1 aromatic rings. The molecule has 0 aromatic carbocycles. The molecule has 1 heterocycles. The molecule has 0 aliphatic carbocycles. The maximum Gasteiger partial charge on any atom is 0.230 e. The van der Waals surface area contributed by atoms with Crippen molar-refractivity contribution in [3.8, 4) is 0 Å². The van der Waals surface area contributed by atoms with Crippen molar-refractivity contribution in [2.24, 2.45) is 0 Å². The molecule has 14 heavy (non-hydrogen) atoms. The molecule has 1 aromatic heterocycles. The maximum atomic E-state index is 10.9. The van der Waals surface area contributed by atoms with Crippen LogP contribution in [0.3, 0.4) is 0 Å². The first kappa shape index (κ1) is 11.0. The third-order valence-corrected chi connectivity index (χ3v) is 2.31. The first-order valence-corrected chi connectivity index (χ1v) is 5.07. The van der Waals surface area contributed by atoms with Crippen LogP contribution in [-0.4, -0.2) is 16.6 Å². The molecule has 0 aliphatic rings. The molecule has 0 saturated carbocycles. The number of nitrogens with zero attached hydrogens (tertiary/aromatic N) is 1. The zero-order valence-electron chi connectivity index (χ0n) is 8.37. The standard InChI is InChI=1S/C10H14N2OS/c1-7-3-4-9(12-8(7)2)5-11-10(13)6-14/h3-4,14H,5-6H2,1-2H3,(H,11,13). The summed E-state index contributed by atoms with van der Waals surface area (Å²) < 4.78 is 0. The molecule has 4 heteroatoms. The van der Waals surface area contributed by atoms with Gasteiger partial charge in [0.1, 0.15) is 0 Å². The van der Waals surface area contributed by atoms with E-state index in [1.807, 2.05) is 26.0 Å². The van der Waals surface area contributed by atoms with Gasteiger partial charge in [-0.3, -0.25) is 9.78 Å². The minimum Gasteiger partial charge on any atom is -0.350 e. The van der Waals surface area contributed by atoms with E-state index in [-0.39, 0.29) is 11.7 Å². The van der Waals surface area contributed by atoms with Gasteiger partial charge < -0.3 is 5.32 Å². The number of hydrogen-bond acceptors (Lipinski definition) is 3. The van der Waals surface area contributed by atoms with Crippen LogP contribution in [0.15, 0.2) is 12.1 Å². The summed E-state index contributed by atoms with van der Waals surface area (Å²) in [7, 11) is 0. The lowest BCUT2D eigenvalue weighted by Gasteiger charge is -2.05. The topological polar surface area (TPSA) is 42.0 Å². The van der Waals surface area contributed by atoms with E-state index in [9.17, 15) is 4.79 Å². The first-order chi connectivity index (χ1) is 6.63. The summed E-state index contributed by atoms with van der Waals surface area (Å²) in [6.07, 6.45) is 0. The van der Waals surface area contributed by atoms with Crippen molar-refractivity contribution in [1.82, 2.24) is 10.3 Å². The van der Waals surface area contributed by atoms with Crippen molar-refractivity contribution in [3.05, 3.63) is 29.1 Å². The van der Waals surface area contributed by atoms with Crippen LogP contribution in [0, 0.1) is 13.8 Å². The molecule has 76 valence electrons. The van der Waals surface area contributed by atoms with Crippen molar-refractivity contribution in [2.75, 3.05) is 5.75 Å². The molecule has 0 fully saturated rings. The normalized spacial score (nSPS) is 9.93. The molecule has 0 aliphatic heterocycles. The number of carbonyl (C=O) groups is 1. The maximum absolute atomic E-state index is 10.9. The predicted molar refractivity (Wildman–Crippen MR) is 59.4 cm³/mol. The third kappa shape index (κ3) is 3.03. The van der Waals surface area contributed by atoms with Gasteiger partial charge >= 0.3 is 0 Å². The van der Waals surface area contributed by atoms with Gasteiger partial charge in [-0.25, -0.2) is 0 Å². The molecule has 1 rings (SSSR count). The van der Waals surface area contributed by atoms with E-state index < -0.39 is 0 Å². The minimum atomic E-state index is -0.0756. The lowest BCUT2D eigenvalue weighted by atomic mass is 10.2. The number of pyridine rings is 1. The number of carbonyl (C=O) groups excluding carboxylic acids is 1. The van der Waals surface area contributed by atoms with Crippen LogP contribution in [0.2, 0.25) is 0 Å². The number of thiol groups is 1. The second-order valence-electron chi connectivity index (χ2n) is 3.14. The molecule has 0 unspecified atom stereocenters. The molecule has 1 amide bonds. The summed E-state index contributed by atoms with van der Waals surface area (Å²) >= 11 is 3.87. The second-order valence-corrected chi connectivity index (χ2v) is 3.46. The molecule has 0 spiro atoms. The number of aromatic nitrogens is 1. The predicted octanol–water partition coefficient (Wildman–Crippen LogP) is 1.24. The molecule has 1 N–H and O–H groups in total. The number of hydrogen-bond donors (Lipinski definition) is 2. The van der Waals surface area contributed by atoms with Gasteiger partial charge in [-0.05, 0) is 25.5 Å². The van der Waals surface area contributed by atoms with Gasteiger partial charge in [-0.2, -0.15) is 12.6 Å². The Morgan fingerprint density at radius 2 is 2.21 bits per heavy atom. The summed E-state index contributed by atoms with van der Waals surface area (Å²) in [5.74, 6) is 0.138. The molecule has 0 radical (unpaired) electrons. The van der Waals surface area contributed by atoms with E-state index in [4.69, 9.17) is 0 Å². The first-order valence-electron chi connectivity index (χ1n) is 4.44. The highest BCUT2D eigenvalue weighted by atomic mass is 32.1. The van der Waals surface area contributed by atoms with Crippen molar-refractivity contribution in [3.63, 3.8) is 0 Å². The third-order valence-electron chi connectivity index (χ3n) is 2.02. The van der Waals surface area contributed by atoms with Crippen molar-refractivity contribution in [1.29, 1.82) is 0 Å². The second kappa shape index (κ2) is 5.00. The molecule has 0 atom stereocenters. The Hall–Kier alpha value is -1.03. The van der Waals surface area contributed by atoms with Crippen LogP contribution in [0.4, 0.5) is 0 Å². The lowest BCUT2D eigenvalue weighted by Crippen LogP contribution is -2.24. The Morgan fingerprint density at radius 1 is 1.50 bits per heavy atom. The van der Waals surface area contributed by atoms with Crippen LogP contribution in [-0.2, 0) is 11.3 Å². The Morgan fingerprint density at radius 3 is 2.79 bits per heavy atom. The zero-order chi connectivity index (χ0) is 10.6. The molecular formula is C10H14N2OS. The highest BCUT2D eigenvalue weighted by Gasteiger charge is 2.00. The summed E-state index contributed by atoms with van der Waals surface area (Å²) in [5.41, 5.74) is 3.04. The van der Waals surface area contributed by atoms with Crippen LogP contribution >= 0.6 is 12.6 Å². The average Bonchev–Trinajstić information content (AvgIpc) is 2.19. The molecule has 0 bridgehead atoms. The Balaban J connectivity index is 2.60. The van der Waals surface area contributed by atoms with Crippen molar-refractivity contribution >= 4 is 18.5 Å². The van der Waals surface area contributed by atoms with Gasteiger partial charge in [-0.15, -0.1) is 0 Å². The Kier molecular flexibility index (Phi) is 3.95. The average molecular weight is 210 g/mol. The smallest absolute Gasteiger partial charge is 0.230 e. The van der Waals surface area contributed by atoms with E-state index in [1.54, 1.807) is 0 Å². The lowest BCUT2D eigenvalue weighted by molar-refractivity contribution is -0.118. The number of aryl methyl sites for hydroxylation is 2. The van der Waals surface area contributed by atoms with E-state index in [0.29, 0.717) is 6.54 Å². The zero-order valence-corrected chi connectivity index (χ0v) is 9.27. The van der Waals surface area contributed by atoms with Gasteiger partial charge in [0.25, 0.3) is 0 Å². The quantitative estimate of drug-likeness (QED) is 0.737. The van der Waals surface area contributed by atoms with Crippen molar-refractivity contribution < 1.29 is 4.79 Å². The highest BCUT2D eigenvalue weighted by molar-refractivity contribution is 7.81. The van der Waals surface area contributed by atoms with Crippen LogP contribution in [0.1, 0.15) is 17.0 Å². The van der Waals surface area contributed by atoms with Gasteiger partial charge in [-0.1, -0.05) is 6.07 Å². The molecular weight excluding hydrogens is 196 g/mol. The summed E-state index contributed by atoms with van der Waals surface area (Å²) in [6.45, 7) is 4.44. The van der Waals surface area contributed by atoms with Gasteiger partial charge in [0.05, 0.1) is 18.0 Å². The van der Waals surface area contributed by atoms with Gasteiger partial charge in [0.15, 0.2) is 0 Å². The molecule has 3 nitrogen and oxygen atoms in total. The van der Waals surface area contributed by atoms with Crippen LogP contribution in [0.25, 0.3) is 0 Å². The van der Waals surface area contributed by atoms with Gasteiger partial charge in [0, 0.05) is 5.69 Å². The van der Waals surface area contributed by atoms with Crippen LogP contribution in [0.5, 0.6) is 0 Å². The fourth-order valence-corrected chi connectivity index (χ4v) is 1.14. The summed E-state index contributed by atoms with van der Waals surface area (Å²) in [5, 5.41) is 2.72. The van der Waals surface area contributed by atoms with E-state index in [2.05, 4.69) is 22.9 Å². The monoisotopic (exact) mass is 210 g/mol. The Labute approximate surface area is 89.3 Å². The summed E-state index contributed by atoms with van der Waals surface area (Å²) in [4.78, 5) is 15.3. The number of rotatable bonds is 3. The largest absolute Gasteiger partial charge is 0.350 e. The highest BCUT2D eigenvalue weighted by Crippen LogP contribution is 2.04. The fraction of sp³-hybridized carbons (Fsp3) is 0.400. The Bertz CT molecular complexity index is 339. The fourth-order valence-electron chi connectivity index (χ4n) is 1.03.